The first-order chi connectivity index (χ1) is 14.9. The van der Waals surface area contributed by atoms with Crippen molar-refractivity contribution >= 4 is 22.5 Å². The number of aromatic nitrogens is 2. The predicted molar refractivity (Wildman–Crippen MR) is 117 cm³/mol. The fourth-order valence-electron chi connectivity index (χ4n) is 3.25. The third kappa shape index (κ3) is 4.46. The van der Waals surface area contributed by atoms with E-state index in [-0.39, 0.29) is 5.56 Å². The summed E-state index contributed by atoms with van der Waals surface area (Å²) in [5, 5.41) is 3.17. The first-order valence-corrected chi connectivity index (χ1v) is 9.54. The van der Waals surface area contributed by atoms with Crippen LogP contribution in [0.1, 0.15) is 16.1 Å². The van der Waals surface area contributed by atoms with Crippen molar-refractivity contribution in [1.29, 1.82) is 0 Å². The van der Waals surface area contributed by atoms with Gasteiger partial charge in [-0.15, -0.1) is 0 Å². The average molecular weight is 427 g/mol. The molecule has 0 aliphatic heterocycles. The number of anilines is 1. The summed E-state index contributed by atoms with van der Waals surface area (Å²) in [5.74, 6) is 0.828. The number of hydrogen-bond donors (Lipinski definition) is 1. The van der Waals surface area contributed by atoms with Crippen molar-refractivity contribution < 1.29 is 23.7 Å². The summed E-state index contributed by atoms with van der Waals surface area (Å²) < 4.78 is 22.5. The molecule has 3 aromatic rings. The Kier molecular flexibility index (Phi) is 6.76. The van der Waals surface area contributed by atoms with Gasteiger partial charge in [0.1, 0.15) is 0 Å². The van der Waals surface area contributed by atoms with E-state index >= 15 is 0 Å². The highest BCUT2D eigenvalue weighted by Crippen LogP contribution is 2.40. The van der Waals surface area contributed by atoms with E-state index in [0.29, 0.717) is 58.2 Å². The number of ether oxygens (including phenoxy) is 4. The minimum Gasteiger partial charge on any atom is -0.493 e. The smallest absolute Gasteiger partial charge is 0.260 e. The second-order valence-electron chi connectivity index (χ2n) is 6.73. The predicted octanol–water partition coefficient (Wildman–Crippen LogP) is 2.63. The van der Waals surface area contributed by atoms with Crippen molar-refractivity contribution in [3.8, 4) is 17.2 Å². The van der Waals surface area contributed by atoms with Crippen LogP contribution in [0.3, 0.4) is 0 Å². The highest BCUT2D eigenvalue weighted by Gasteiger charge is 2.18. The van der Waals surface area contributed by atoms with Gasteiger partial charge in [0.15, 0.2) is 11.5 Å². The van der Waals surface area contributed by atoms with Crippen molar-refractivity contribution in [3.63, 3.8) is 0 Å². The van der Waals surface area contributed by atoms with Crippen LogP contribution in [-0.4, -0.2) is 50.5 Å². The molecule has 2 heterocycles. The van der Waals surface area contributed by atoms with Gasteiger partial charge in [0.2, 0.25) is 5.75 Å². The summed E-state index contributed by atoms with van der Waals surface area (Å²) in [6.07, 6.45) is 1.67. The molecule has 0 saturated heterocycles. The molecule has 1 amide bonds. The molecule has 3 rings (SSSR count). The molecule has 0 radical (unpaired) electrons. The van der Waals surface area contributed by atoms with Gasteiger partial charge in [-0.3, -0.25) is 14.6 Å². The van der Waals surface area contributed by atoms with Crippen molar-refractivity contribution in [2.45, 2.75) is 13.5 Å². The minimum atomic E-state index is -0.409. The van der Waals surface area contributed by atoms with Gasteiger partial charge in [0.25, 0.3) is 11.5 Å². The highest BCUT2D eigenvalue weighted by atomic mass is 16.5. The lowest BCUT2D eigenvalue weighted by Gasteiger charge is -2.15. The third-order valence-corrected chi connectivity index (χ3v) is 4.85. The molecular weight excluding hydrogens is 402 g/mol. The number of nitrogens with zero attached hydrogens (tertiary/aromatic N) is 2. The Morgan fingerprint density at radius 3 is 2.32 bits per heavy atom. The van der Waals surface area contributed by atoms with Crippen LogP contribution in [-0.2, 0) is 11.3 Å². The molecule has 2 aromatic heterocycles. The van der Waals surface area contributed by atoms with Crippen molar-refractivity contribution in [3.05, 3.63) is 52.1 Å². The van der Waals surface area contributed by atoms with Crippen LogP contribution in [0.25, 0.3) is 10.9 Å². The molecule has 31 heavy (non-hydrogen) atoms. The zero-order valence-corrected chi connectivity index (χ0v) is 18.1. The monoisotopic (exact) mass is 427 g/mol. The Hall–Kier alpha value is -3.59. The molecule has 164 valence electrons. The molecule has 1 N–H and O–H groups in total. The Bertz CT molecular complexity index is 1150. The maximum Gasteiger partial charge on any atom is 0.260 e. The number of pyridine rings is 2. The lowest BCUT2D eigenvalue weighted by atomic mass is 10.1. The second kappa shape index (κ2) is 9.48. The number of amides is 1. The van der Waals surface area contributed by atoms with Gasteiger partial charge in [-0.2, -0.15) is 0 Å². The average Bonchev–Trinajstić information content (AvgIpc) is 2.77. The van der Waals surface area contributed by atoms with Crippen LogP contribution >= 0.6 is 0 Å². The highest BCUT2D eigenvalue weighted by molar-refractivity contribution is 6.07. The summed E-state index contributed by atoms with van der Waals surface area (Å²) in [5.41, 5.74) is 1.54. The third-order valence-electron chi connectivity index (χ3n) is 4.85. The topological polar surface area (TPSA) is 101 Å². The first-order valence-electron chi connectivity index (χ1n) is 9.54. The Morgan fingerprint density at radius 2 is 1.74 bits per heavy atom. The number of fused-ring (bicyclic) bond motifs is 1. The van der Waals surface area contributed by atoms with Gasteiger partial charge >= 0.3 is 0 Å². The molecule has 0 bridgehead atoms. The van der Waals surface area contributed by atoms with Crippen LogP contribution in [0.2, 0.25) is 0 Å². The van der Waals surface area contributed by atoms with Crippen LogP contribution in [0, 0.1) is 6.92 Å². The maximum absolute atomic E-state index is 13.0. The number of carbonyl (C=O) groups is 1. The van der Waals surface area contributed by atoms with E-state index in [1.807, 2.05) is 0 Å². The normalized spacial score (nSPS) is 10.7. The summed E-state index contributed by atoms with van der Waals surface area (Å²) in [4.78, 5) is 30.3. The zero-order valence-electron chi connectivity index (χ0n) is 18.1. The molecule has 0 fully saturated rings. The number of methoxy groups -OCH3 is 4. The van der Waals surface area contributed by atoms with Crippen LogP contribution in [0.4, 0.5) is 5.69 Å². The minimum absolute atomic E-state index is 0.233. The number of rotatable bonds is 8. The van der Waals surface area contributed by atoms with Crippen LogP contribution in [0.5, 0.6) is 17.2 Å². The fraction of sp³-hybridized carbons (Fsp3) is 0.318. The Labute approximate surface area is 179 Å². The largest absolute Gasteiger partial charge is 0.493 e. The van der Waals surface area contributed by atoms with E-state index < -0.39 is 5.91 Å². The van der Waals surface area contributed by atoms with Crippen molar-refractivity contribution in [2.24, 2.45) is 0 Å². The molecule has 0 saturated carbocycles. The second-order valence-corrected chi connectivity index (χ2v) is 6.73. The maximum atomic E-state index is 13.0. The lowest BCUT2D eigenvalue weighted by Crippen LogP contribution is -2.23. The molecule has 0 spiro atoms. The quantitative estimate of drug-likeness (QED) is 0.590. The summed E-state index contributed by atoms with van der Waals surface area (Å²) >= 11 is 0. The van der Waals surface area contributed by atoms with Gasteiger partial charge in [0.05, 0.1) is 50.1 Å². The molecule has 9 heteroatoms. The standard InChI is InChI=1S/C22H25N3O6/c1-13-15(12-16-17(23-13)6-7-25(22(16)27)8-9-28-2)21(26)24-14-10-18(29-3)20(31-5)19(11-14)30-4/h6-7,10-12H,8-9H2,1-5H3,(H,24,26). The first kappa shape index (κ1) is 22.1. The molecule has 9 nitrogen and oxygen atoms in total. The van der Waals surface area contributed by atoms with Gasteiger partial charge in [-0.05, 0) is 19.1 Å². The van der Waals surface area contributed by atoms with Crippen LogP contribution in [0.15, 0.2) is 35.3 Å². The number of benzene rings is 1. The Morgan fingerprint density at radius 1 is 1.06 bits per heavy atom. The lowest BCUT2D eigenvalue weighted by molar-refractivity contribution is 0.102. The van der Waals surface area contributed by atoms with E-state index in [0.717, 1.165) is 0 Å². The number of hydrogen-bond acceptors (Lipinski definition) is 7. The number of aryl methyl sites for hydroxylation is 1. The fourth-order valence-corrected chi connectivity index (χ4v) is 3.25. The van der Waals surface area contributed by atoms with Gasteiger partial charge in [-0.1, -0.05) is 0 Å². The summed E-state index contributed by atoms with van der Waals surface area (Å²) in [7, 11) is 6.06. The van der Waals surface area contributed by atoms with Gasteiger partial charge in [-0.25, -0.2) is 0 Å². The van der Waals surface area contributed by atoms with E-state index in [4.69, 9.17) is 18.9 Å². The molecule has 0 unspecified atom stereocenters. The molecule has 0 atom stereocenters. The van der Waals surface area contributed by atoms with E-state index in [1.165, 1.54) is 25.9 Å². The van der Waals surface area contributed by atoms with Gasteiger partial charge < -0.3 is 28.8 Å². The summed E-state index contributed by atoms with van der Waals surface area (Å²) in [6, 6.07) is 6.57. The van der Waals surface area contributed by atoms with E-state index in [1.54, 1.807) is 44.5 Å². The Balaban J connectivity index is 1.99. The van der Waals surface area contributed by atoms with Crippen molar-refractivity contribution in [2.75, 3.05) is 40.4 Å². The number of carbonyl (C=O) groups excluding carboxylic acids is 1. The molecule has 1 aromatic carbocycles. The SMILES string of the molecule is COCCn1ccc2nc(C)c(C(=O)Nc3cc(OC)c(OC)c(OC)c3)cc2c1=O. The number of nitrogens with one attached hydrogen (secondary N) is 1. The van der Waals surface area contributed by atoms with Gasteiger partial charge in [0, 0.05) is 37.7 Å². The molecular formula is C22H25N3O6. The molecule has 0 aliphatic carbocycles. The van der Waals surface area contributed by atoms with E-state index in [2.05, 4.69) is 10.3 Å². The van der Waals surface area contributed by atoms with E-state index in [9.17, 15) is 9.59 Å². The van der Waals surface area contributed by atoms with Crippen molar-refractivity contribution in [1.82, 2.24) is 9.55 Å². The summed E-state index contributed by atoms with van der Waals surface area (Å²) in [6.45, 7) is 2.53. The zero-order chi connectivity index (χ0) is 22.5. The van der Waals surface area contributed by atoms with Crippen LogP contribution < -0.4 is 25.1 Å². The molecule has 0 aliphatic rings.